The van der Waals surface area contributed by atoms with Gasteiger partial charge >= 0.3 is 0 Å². The van der Waals surface area contributed by atoms with E-state index < -0.39 is 0 Å². The zero-order chi connectivity index (χ0) is 12.3. The molecule has 0 spiro atoms. The number of nitrogens with zero attached hydrogens (tertiary/aromatic N) is 4. The fourth-order valence-corrected chi connectivity index (χ4v) is 1.57. The highest BCUT2D eigenvalue weighted by Gasteiger charge is 2.11. The summed E-state index contributed by atoms with van der Waals surface area (Å²) in [6.45, 7) is 0.353. The number of methoxy groups -OCH3 is 1. The van der Waals surface area contributed by atoms with Crippen molar-refractivity contribution >= 4 is 21.7 Å². The summed E-state index contributed by atoms with van der Waals surface area (Å²) < 4.78 is 5.70. The molecule has 2 aromatic rings. The molecule has 88 valence electrons. The van der Waals surface area contributed by atoms with E-state index in [1.54, 1.807) is 19.4 Å². The maximum absolute atomic E-state index is 5.79. The number of halogens is 1. The fourth-order valence-electron chi connectivity index (χ4n) is 1.28. The van der Waals surface area contributed by atoms with Gasteiger partial charge in [-0.05, 0) is 22.0 Å². The molecule has 2 heterocycles. The Kier molecular flexibility index (Phi) is 3.60. The monoisotopic (exact) mass is 295 g/mol. The zero-order valence-electron chi connectivity index (χ0n) is 9.09. The lowest BCUT2D eigenvalue weighted by atomic mass is 10.3. The van der Waals surface area contributed by atoms with Crippen LogP contribution in [-0.4, -0.2) is 27.0 Å². The quantitative estimate of drug-likeness (QED) is 0.922. The van der Waals surface area contributed by atoms with Crippen LogP contribution in [0.2, 0.25) is 0 Å². The molecule has 0 amide bonds. The summed E-state index contributed by atoms with van der Waals surface area (Å²) >= 11 is 3.33. The molecule has 17 heavy (non-hydrogen) atoms. The van der Waals surface area contributed by atoms with E-state index in [4.69, 9.17) is 10.5 Å². The first-order valence-corrected chi connectivity index (χ1v) is 5.59. The Labute approximate surface area is 106 Å². The van der Waals surface area contributed by atoms with E-state index in [2.05, 4.69) is 35.9 Å². The molecule has 0 radical (unpaired) electrons. The summed E-state index contributed by atoms with van der Waals surface area (Å²) in [6, 6.07) is 1.72. The van der Waals surface area contributed by atoms with Crippen LogP contribution in [0.3, 0.4) is 0 Å². The third-order valence-corrected chi connectivity index (χ3v) is 2.90. The molecule has 0 aliphatic carbocycles. The van der Waals surface area contributed by atoms with Crippen molar-refractivity contribution in [1.82, 2.24) is 19.9 Å². The number of aromatic nitrogens is 4. The van der Waals surface area contributed by atoms with Gasteiger partial charge in [-0.1, -0.05) is 0 Å². The third kappa shape index (κ3) is 2.56. The molecule has 2 N–H and O–H groups in total. The average molecular weight is 296 g/mol. The van der Waals surface area contributed by atoms with Crippen LogP contribution in [0.5, 0.6) is 0 Å². The van der Waals surface area contributed by atoms with Crippen LogP contribution in [0.1, 0.15) is 5.69 Å². The van der Waals surface area contributed by atoms with Gasteiger partial charge in [0.1, 0.15) is 17.8 Å². The SMILES string of the molecule is COCc1nc(-c2ccncn2)nc(N)c1Br. The van der Waals surface area contributed by atoms with Gasteiger partial charge in [0.15, 0.2) is 5.82 Å². The minimum atomic E-state index is 0.353. The van der Waals surface area contributed by atoms with Crippen molar-refractivity contribution in [3.8, 4) is 11.5 Å². The van der Waals surface area contributed by atoms with Crippen LogP contribution >= 0.6 is 15.9 Å². The molecule has 0 aliphatic rings. The van der Waals surface area contributed by atoms with E-state index in [1.807, 2.05) is 0 Å². The molecular formula is C10H10BrN5O. The van der Waals surface area contributed by atoms with Gasteiger partial charge in [0.05, 0.1) is 16.8 Å². The van der Waals surface area contributed by atoms with Gasteiger partial charge in [0.2, 0.25) is 0 Å². The standard InChI is InChI=1S/C10H10BrN5O/c1-17-4-7-8(11)9(12)16-10(15-7)6-2-3-13-5-14-6/h2-3,5H,4H2,1H3,(H2,12,15,16). The second-order valence-electron chi connectivity index (χ2n) is 3.22. The molecule has 0 bridgehead atoms. The largest absolute Gasteiger partial charge is 0.383 e. The molecule has 7 heteroatoms. The smallest absolute Gasteiger partial charge is 0.180 e. The molecule has 2 aromatic heterocycles. The summed E-state index contributed by atoms with van der Waals surface area (Å²) in [5.41, 5.74) is 7.10. The lowest BCUT2D eigenvalue weighted by Crippen LogP contribution is -2.04. The number of hydrogen-bond acceptors (Lipinski definition) is 6. The molecule has 0 unspecified atom stereocenters. The van der Waals surface area contributed by atoms with E-state index in [-0.39, 0.29) is 0 Å². The maximum atomic E-state index is 5.79. The van der Waals surface area contributed by atoms with Gasteiger partial charge < -0.3 is 10.5 Å². The van der Waals surface area contributed by atoms with Gasteiger partial charge in [-0.15, -0.1) is 0 Å². The average Bonchev–Trinajstić information content (AvgIpc) is 2.36. The molecule has 0 atom stereocenters. The van der Waals surface area contributed by atoms with E-state index >= 15 is 0 Å². The zero-order valence-corrected chi connectivity index (χ0v) is 10.7. The normalized spacial score (nSPS) is 10.5. The summed E-state index contributed by atoms with van der Waals surface area (Å²) in [4.78, 5) is 16.4. The van der Waals surface area contributed by atoms with Crippen LogP contribution in [0.15, 0.2) is 23.1 Å². The maximum Gasteiger partial charge on any atom is 0.180 e. The Hall–Kier alpha value is -1.60. The van der Waals surface area contributed by atoms with Crippen molar-refractivity contribution in [2.45, 2.75) is 6.61 Å². The van der Waals surface area contributed by atoms with Crippen molar-refractivity contribution in [2.24, 2.45) is 0 Å². The third-order valence-electron chi connectivity index (χ3n) is 2.04. The Morgan fingerprint density at radius 2 is 2.24 bits per heavy atom. The minimum absolute atomic E-state index is 0.353. The minimum Gasteiger partial charge on any atom is -0.383 e. The number of nitrogens with two attached hydrogens (primary N) is 1. The van der Waals surface area contributed by atoms with E-state index in [0.717, 1.165) is 0 Å². The fraction of sp³-hybridized carbons (Fsp3) is 0.200. The van der Waals surface area contributed by atoms with Gasteiger partial charge in [0, 0.05) is 13.3 Å². The Morgan fingerprint density at radius 1 is 1.41 bits per heavy atom. The van der Waals surface area contributed by atoms with Crippen molar-refractivity contribution in [3.05, 3.63) is 28.8 Å². The second-order valence-corrected chi connectivity index (χ2v) is 4.01. The van der Waals surface area contributed by atoms with Crippen LogP contribution in [0.25, 0.3) is 11.5 Å². The summed E-state index contributed by atoms with van der Waals surface area (Å²) in [7, 11) is 1.59. The summed E-state index contributed by atoms with van der Waals surface area (Å²) in [5, 5.41) is 0. The van der Waals surface area contributed by atoms with Gasteiger partial charge in [-0.2, -0.15) is 0 Å². The molecule has 0 aromatic carbocycles. The number of ether oxygens (including phenoxy) is 1. The van der Waals surface area contributed by atoms with Crippen molar-refractivity contribution < 1.29 is 4.74 Å². The lowest BCUT2D eigenvalue weighted by molar-refractivity contribution is 0.181. The highest BCUT2D eigenvalue weighted by Crippen LogP contribution is 2.24. The predicted molar refractivity (Wildman–Crippen MR) is 65.9 cm³/mol. The lowest BCUT2D eigenvalue weighted by Gasteiger charge is -2.07. The van der Waals surface area contributed by atoms with E-state index in [9.17, 15) is 0 Å². The molecule has 0 saturated heterocycles. The van der Waals surface area contributed by atoms with Crippen molar-refractivity contribution in [2.75, 3.05) is 12.8 Å². The Bertz CT molecular complexity index is 520. The molecule has 0 fully saturated rings. The number of hydrogen-bond donors (Lipinski definition) is 1. The van der Waals surface area contributed by atoms with Crippen LogP contribution in [-0.2, 0) is 11.3 Å². The highest BCUT2D eigenvalue weighted by atomic mass is 79.9. The predicted octanol–water partition coefficient (Wildman–Crippen LogP) is 1.42. The summed E-state index contributed by atoms with van der Waals surface area (Å²) in [5.74, 6) is 0.820. The first kappa shape index (κ1) is 11.9. The molecule has 0 saturated carbocycles. The number of nitrogen functional groups attached to an aromatic ring is 1. The van der Waals surface area contributed by atoms with Gasteiger partial charge in [-0.3, -0.25) is 0 Å². The van der Waals surface area contributed by atoms with Crippen LogP contribution in [0.4, 0.5) is 5.82 Å². The Balaban J connectivity index is 2.49. The first-order valence-electron chi connectivity index (χ1n) is 4.79. The molecule has 6 nitrogen and oxygen atoms in total. The second kappa shape index (κ2) is 5.15. The molecule has 2 rings (SSSR count). The first-order chi connectivity index (χ1) is 8.22. The van der Waals surface area contributed by atoms with E-state index in [1.165, 1.54) is 6.33 Å². The van der Waals surface area contributed by atoms with Crippen molar-refractivity contribution in [3.63, 3.8) is 0 Å². The van der Waals surface area contributed by atoms with E-state index in [0.29, 0.717) is 34.1 Å². The summed E-state index contributed by atoms with van der Waals surface area (Å²) in [6.07, 6.45) is 3.06. The van der Waals surface area contributed by atoms with Crippen LogP contribution in [0, 0.1) is 0 Å². The number of anilines is 1. The van der Waals surface area contributed by atoms with Gasteiger partial charge in [-0.25, -0.2) is 19.9 Å². The topological polar surface area (TPSA) is 86.8 Å². The highest BCUT2D eigenvalue weighted by molar-refractivity contribution is 9.10. The molecular weight excluding hydrogens is 286 g/mol. The van der Waals surface area contributed by atoms with Crippen LogP contribution < -0.4 is 5.73 Å². The van der Waals surface area contributed by atoms with Gasteiger partial charge in [0.25, 0.3) is 0 Å². The number of rotatable bonds is 3. The molecule has 0 aliphatic heterocycles. The van der Waals surface area contributed by atoms with Crippen molar-refractivity contribution in [1.29, 1.82) is 0 Å². The Morgan fingerprint density at radius 3 is 2.88 bits per heavy atom.